The number of rotatable bonds is 3. The molecule has 0 aliphatic carbocycles. The van der Waals surface area contributed by atoms with Gasteiger partial charge in [0.15, 0.2) is 0 Å². The van der Waals surface area contributed by atoms with Gasteiger partial charge in [-0.05, 0) is 23.8 Å². The minimum Gasteiger partial charge on any atom is -0.249 e. The number of hydrogen-bond acceptors (Lipinski definition) is 3. The van der Waals surface area contributed by atoms with Crippen molar-refractivity contribution in [3.63, 3.8) is 0 Å². The number of nitrogens with zero attached hydrogens (tertiary/aromatic N) is 1. The summed E-state index contributed by atoms with van der Waals surface area (Å²) in [6.07, 6.45) is -3.42. The molecule has 0 saturated heterocycles. The van der Waals surface area contributed by atoms with E-state index in [-0.39, 0.29) is 0 Å². The second-order valence-electron chi connectivity index (χ2n) is 4.74. The lowest BCUT2D eigenvalue weighted by atomic mass is 10.0. The summed E-state index contributed by atoms with van der Waals surface area (Å²) in [5, 5.41) is 0.636. The first-order valence-electron chi connectivity index (χ1n) is 6.42. The molecule has 1 aliphatic heterocycles. The molecular weight excluding hydrogens is 315 g/mol. The van der Waals surface area contributed by atoms with Gasteiger partial charge in [0.25, 0.3) is 0 Å². The topological polar surface area (TPSA) is 12.9 Å². The standard InChI is InChI=1S/C15H12F3NS2/c16-15(17,18)11-5-6-14(19-7-11)21-9-10-8-20-13-4-2-1-3-12(10)13/h1-7,10H,8-9H2. The number of hydrogen-bond donors (Lipinski definition) is 0. The lowest BCUT2D eigenvalue weighted by Gasteiger charge is -2.10. The van der Waals surface area contributed by atoms with Crippen LogP contribution in [0.5, 0.6) is 0 Å². The summed E-state index contributed by atoms with van der Waals surface area (Å²) in [7, 11) is 0. The first-order valence-corrected chi connectivity index (χ1v) is 8.39. The van der Waals surface area contributed by atoms with Gasteiger partial charge in [0.2, 0.25) is 0 Å². The first kappa shape index (κ1) is 14.8. The van der Waals surface area contributed by atoms with E-state index in [4.69, 9.17) is 0 Å². The zero-order chi connectivity index (χ0) is 14.9. The van der Waals surface area contributed by atoms with Gasteiger partial charge in [-0.15, -0.1) is 23.5 Å². The molecule has 3 rings (SSSR count). The first-order chi connectivity index (χ1) is 10.0. The monoisotopic (exact) mass is 327 g/mol. The van der Waals surface area contributed by atoms with Crippen LogP contribution in [0.3, 0.4) is 0 Å². The highest BCUT2D eigenvalue weighted by molar-refractivity contribution is 8.00. The van der Waals surface area contributed by atoms with Crippen LogP contribution in [0.25, 0.3) is 0 Å². The molecule has 0 amide bonds. The molecule has 21 heavy (non-hydrogen) atoms. The van der Waals surface area contributed by atoms with E-state index >= 15 is 0 Å². The summed E-state index contributed by atoms with van der Waals surface area (Å²) < 4.78 is 37.4. The molecule has 6 heteroatoms. The van der Waals surface area contributed by atoms with Crippen LogP contribution in [-0.2, 0) is 6.18 Å². The average Bonchev–Trinajstić information content (AvgIpc) is 2.88. The summed E-state index contributed by atoms with van der Waals surface area (Å²) in [4.78, 5) is 5.21. The highest BCUT2D eigenvalue weighted by Crippen LogP contribution is 2.41. The molecule has 1 unspecified atom stereocenters. The number of alkyl halides is 3. The van der Waals surface area contributed by atoms with Crippen LogP contribution in [0, 0.1) is 0 Å². The molecule has 2 aromatic rings. The number of halogens is 3. The molecule has 0 radical (unpaired) electrons. The van der Waals surface area contributed by atoms with Gasteiger partial charge < -0.3 is 0 Å². The van der Waals surface area contributed by atoms with Crippen molar-refractivity contribution in [1.29, 1.82) is 0 Å². The van der Waals surface area contributed by atoms with Crippen molar-refractivity contribution in [2.75, 3.05) is 11.5 Å². The smallest absolute Gasteiger partial charge is 0.249 e. The molecule has 0 spiro atoms. The SMILES string of the molecule is FC(F)(F)c1ccc(SCC2CSc3ccccc32)nc1. The van der Waals surface area contributed by atoms with Crippen LogP contribution in [0.4, 0.5) is 13.2 Å². The van der Waals surface area contributed by atoms with Gasteiger partial charge in [-0.1, -0.05) is 18.2 Å². The van der Waals surface area contributed by atoms with Gasteiger partial charge in [-0.3, -0.25) is 0 Å². The Kier molecular flexibility index (Phi) is 4.17. The lowest BCUT2D eigenvalue weighted by Crippen LogP contribution is -2.05. The van der Waals surface area contributed by atoms with E-state index in [1.165, 1.54) is 28.3 Å². The minimum absolute atomic E-state index is 0.431. The predicted octanol–water partition coefficient (Wildman–Crippen LogP) is 5.08. The molecule has 1 aliphatic rings. The van der Waals surface area contributed by atoms with Gasteiger partial charge in [-0.2, -0.15) is 13.2 Å². The van der Waals surface area contributed by atoms with Crippen molar-refractivity contribution in [3.05, 3.63) is 53.7 Å². The summed E-state index contributed by atoms with van der Waals surface area (Å²) in [5.74, 6) is 2.29. The molecule has 1 aromatic heterocycles. The van der Waals surface area contributed by atoms with Crippen LogP contribution in [0.2, 0.25) is 0 Å². The molecule has 1 aromatic carbocycles. The van der Waals surface area contributed by atoms with E-state index in [0.717, 1.165) is 23.8 Å². The predicted molar refractivity (Wildman–Crippen MR) is 79.9 cm³/mol. The molecule has 0 N–H and O–H groups in total. The summed E-state index contributed by atoms with van der Waals surface area (Å²) in [5.41, 5.74) is 0.635. The van der Waals surface area contributed by atoms with Crippen molar-refractivity contribution in [3.8, 4) is 0 Å². The van der Waals surface area contributed by atoms with Gasteiger partial charge in [-0.25, -0.2) is 4.98 Å². The van der Waals surface area contributed by atoms with Gasteiger partial charge in [0.05, 0.1) is 10.6 Å². The van der Waals surface area contributed by atoms with Crippen LogP contribution < -0.4 is 0 Å². The number of pyridine rings is 1. The Hall–Kier alpha value is -1.14. The zero-order valence-electron chi connectivity index (χ0n) is 10.9. The quantitative estimate of drug-likeness (QED) is 0.730. The molecular formula is C15H12F3NS2. The van der Waals surface area contributed by atoms with Crippen molar-refractivity contribution < 1.29 is 13.2 Å². The second-order valence-corrected chi connectivity index (χ2v) is 6.84. The Bertz CT molecular complexity index is 626. The Labute approximate surface area is 129 Å². The molecule has 1 atom stereocenters. The fourth-order valence-corrected chi connectivity index (χ4v) is 4.55. The van der Waals surface area contributed by atoms with Crippen LogP contribution in [0.1, 0.15) is 17.0 Å². The Balaban J connectivity index is 1.64. The van der Waals surface area contributed by atoms with E-state index < -0.39 is 11.7 Å². The van der Waals surface area contributed by atoms with Crippen LogP contribution >= 0.6 is 23.5 Å². The second kappa shape index (κ2) is 5.93. The molecule has 0 fully saturated rings. The molecule has 0 bridgehead atoms. The minimum atomic E-state index is -4.32. The third kappa shape index (κ3) is 3.37. The Morgan fingerprint density at radius 2 is 2.00 bits per heavy atom. The normalized spacial score (nSPS) is 17.8. The number of aromatic nitrogens is 1. The largest absolute Gasteiger partial charge is 0.417 e. The van der Waals surface area contributed by atoms with E-state index in [9.17, 15) is 13.2 Å². The van der Waals surface area contributed by atoms with Crippen molar-refractivity contribution in [1.82, 2.24) is 4.98 Å². The van der Waals surface area contributed by atoms with Crippen molar-refractivity contribution in [2.24, 2.45) is 0 Å². The van der Waals surface area contributed by atoms with Crippen LogP contribution in [-0.4, -0.2) is 16.5 Å². The summed E-state index contributed by atoms with van der Waals surface area (Å²) >= 11 is 3.34. The van der Waals surface area contributed by atoms with Crippen molar-refractivity contribution in [2.45, 2.75) is 22.0 Å². The van der Waals surface area contributed by atoms with E-state index in [0.29, 0.717) is 10.9 Å². The molecule has 110 valence electrons. The van der Waals surface area contributed by atoms with E-state index in [1.54, 1.807) is 0 Å². The van der Waals surface area contributed by atoms with Gasteiger partial charge >= 0.3 is 6.18 Å². The Morgan fingerprint density at radius 3 is 2.71 bits per heavy atom. The van der Waals surface area contributed by atoms with Crippen molar-refractivity contribution >= 4 is 23.5 Å². The maximum atomic E-state index is 12.5. The fourth-order valence-electron chi connectivity index (χ4n) is 2.19. The molecule has 2 heterocycles. The highest BCUT2D eigenvalue weighted by Gasteiger charge is 2.30. The highest BCUT2D eigenvalue weighted by atomic mass is 32.2. The zero-order valence-corrected chi connectivity index (χ0v) is 12.6. The van der Waals surface area contributed by atoms with Gasteiger partial charge in [0, 0.05) is 28.5 Å². The lowest BCUT2D eigenvalue weighted by molar-refractivity contribution is -0.137. The number of thioether (sulfide) groups is 2. The summed E-state index contributed by atoms with van der Waals surface area (Å²) in [6, 6.07) is 10.8. The Morgan fingerprint density at radius 1 is 1.19 bits per heavy atom. The van der Waals surface area contributed by atoms with Gasteiger partial charge in [0.1, 0.15) is 0 Å². The maximum absolute atomic E-state index is 12.5. The average molecular weight is 327 g/mol. The third-order valence-corrected chi connectivity index (χ3v) is 5.65. The molecule has 0 saturated carbocycles. The number of benzene rings is 1. The maximum Gasteiger partial charge on any atom is 0.417 e. The van der Waals surface area contributed by atoms with E-state index in [2.05, 4.69) is 17.1 Å². The molecule has 1 nitrogen and oxygen atoms in total. The number of fused-ring (bicyclic) bond motifs is 1. The fraction of sp³-hybridized carbons (Fsp3) is 0.267. The third-order valence-electron chi connectivity index (χ3n) is 3.29. The van der Waals surface area contributed by atoms with Crippen LogP contribution in [0.15, 0.2) is 52.5 Å². The summed E-state index contributed by atoms with van der Waals surface area (Å²) in [6.45, 7) is 0. The van der Waals surface area contributed by atoms with E-state index in [1.807, 2.05) is 23.9 Å².